The molecule has 0 atom stereocenters. The van der Waals surface area contributed by atoms with E-state index in [4.69, 9.17) is 4.74 Å². The molecule has 4 heteroatoms. The third kappa shape index (κ3) is 3.64. The van der Waals surface area contributed by atoms with Crippen LogP contribution in [0.1, 0.15) is 13.3 Å². The van der Waals surface area contributed by atoms with Crippen molar-refractivity contribution in [3.05, 3.63) is 52.5 Å². The highest BCUT2D eigenvalue weighted by Gasteiger charge is 2.06. The van der Waals surface area contributed by atoms with Gasteiger partial charge in [-0.1, -0.05) is 53.2 Å². The number of esters is 1. The molecule has 0 saturated carbocycles. The Kier molecular flexibility index (Phi) is 5.39. The van der Waals surface area contributed by atoms with Crippen LogP contribution in [0, 0.1) is 0 Å². The fraction of sp³-hybridized carbons (Fsp3) is 0.235. The molecule has 0 aliphatic heterocycles. The molecule has 2 rings (SSSR count). The maximum Gasteiger partial charge on any atom is 0.333 e. The van der Waals surface area contributed by atoms with Gasteiger partial charge >= 0.3 is 5.97 Å². The van der Waals surface area contributed by atoms with Crippen molar-refractivity contribution < 1.29 is 9.53 Å². The summed E-state index contributed by atoms with van der Waals surface area (Å²) >= 11 is 3.56. The first-order chi connectivity index (χ1) is 10.2. The van der Waals surface area contributed by atoms with Crippen LogP contribution < -0.4 is 5.32 Å². The summed E-state index contributed by atoms with van der Waals surface area (Å²) < 4.78 is 5.82. The van der Waals surface area contributed by atoms with Gasteiger partial charge in [-0.05, 0) is 23.9 Å². The van der Waals surface area contributed by atoms with E-state index >= 15 is 0 Å². The van der Waals surface area contributed by atoms with E-state index in [1.54, 1.807) is 0 Å². The van der Waals surface area contributed by atoms with Gasteiger partial charge in [-0.25, -0.2) is 4.79 Å². The van der Waals surface area contributed by atoms with Crippen molar-refractivity contribution in [3.8, 4) is 0 Å². The second-order valence-electron chi connectivity index (χ2n) is 4.60. The van der Waals surface area contributed by atoms with Crippen LogP contribution in [0.15, 0.2) is 52.5 Å². The molecule has 0 unspecified atom stereocenters. The van der Waals surface area contributed by atoms with E-state index in [-0.39, 0.29) is 5.97 Å². The Morgan fingerprint density at radius 1 is 1.24 bits per heavy atom. The number of nitrogens with one attached hydrogen (secondary N) is 1. The van der Waals surface area contributed by atoms with Crippen LogP contribution in [-0.2, 0) is 9.53 Å². The summed E-state index contributed by atoms with van der Waals surface area (Å²) in [5, 5.41) is 5.67. The molecule has 3 nitrogen and oxygen atoms in total. The quantitative estimate of drug-likeness (QED) is 0.638. The summed E-state index contributed by atoms with van der Waals surface area (Å²) in [6.07, 6.45) is 2.54. The van der Waals surface area contributed by atoms with Crippen LogP contribution in [-0.4, -0.2) is 19.6 Å². The van der Waals surface area contributed by atoms with Crippen molar-refractivity contribution in [2.24, 2.45) is 0 Å². The lowest BCUT2D eigenvalue weighted by molar-refractivity contribution is -0.136. The van der Waals surface area contributed by atoms with Gasteiger partial charge in [-0.2, -0.15) is 0 Å². The Morgan fingerprint density at radius 2 is 1.95 bits per heavy atom. The number of ether oxygens (including phenoxy) is 1. The predicted octanol–water partition coefficient (Wildman–Crippen LogP) is 4.52. The molecule has 0 amide bonds. The summed E-state index contributed by atoms with van der Waals surface area (Å²) in [6.45, 7) is 2.53. The van der Waals surface area contributed by atoms with Gasteiger partial charge < -0.3 is 10.1 Å². The lowest BCUT2D eigenvalue weighted by Gasteiger charge is -2.10. The molecule has 2 aromatic rings. The maximum atomic E-state index is 11.5. The monoisotopic (exact) mass is 347 g/mol. The highest BCUT2D eigenvalue weighted by molar-refractivity contribution is 9.10. The number of methoxy groups -OCH3 is 1. The number of rotatable bonds is 5. The van der Waals surface area contributed by atoms with Crippen molar-refractivity contribution >= 4 is 38.4 Å². The minimum Gasteiger partial charge on any atom is -0.466 e. The first-order valence-electron chi connectivity index (χ1n) is 6.85. The third-order valence-corrected chi connectivity index (χ3v) is 4.03. The van der Waals surface area contributed by atoms with Crippen LogP contribution in [0.2, 0.25) is 0 Å². The van der Waals surface area contributed by atoms with E-state index in [1.165, 1.54) is 7.11 Å². The Hall–Kier alpha value is -1.81. The second kappa shape index (κ2) is 7.27. The Balaban J connectivity index is 2.20. The van der Waals surface area contributed by atoms with Crippen LogP contribution >= 0.6 is 15.9 Å². The summed E-state index contributed by atoms with van der Waals surface area (Å²) in [5.41, 5.74) is 1.73. The number of carbonyl (C=O) groups excluding carboxylic acids is 1. The van der Waals surface area contributed by atoms with Gasteiger partial charge in [0.2, 0.25) is 0 Å². The van der Waals surface area contributed by atoms with E-state index < -0.39 is 0 Å². The number of fused-ring (bicyclic) bond motifs is 1. The lowest BCUT2D eigenvalue weighted by Crippen LogP contribution is -2.07. The van der Waals surface area contributed by atoms with Crippen molar-refractivity contribution in [3.63, 3.8) is 0 Å². The van der Waals surface area contributed by atoms with Crippen LogP contribution in [0.25, 0.3) is 10.8 Å². The zero-order valence-corrected chi connectivity index (χ0v) is 13.7. The predicted molar refractivity (Wildman–Crippen MR) is 90.5 cm³/mol. The summed E-state index contributed by atoms with van der Waals surface area (Å²) in [7, 11) is 1.40. The molecule has 110 valence electrons. The zero-order valence-electron chi connectivity index (χ0n) is 12.2. The normalized spacial score (nSPS) is 11.5. The molecule has 0 aromatic heterocycles. The molecule has 2 aromatic carbocycles. The fourth-order valence-corrected chi connectivity index (χ4v) is 2.68. The number of hydrogen-bond donors (Lipinski definition) is 1. The van der Waals surface area contributed by atoms with Gasteiger partial charge in [-0.15, -0.1) is 0 Å². The summed E-state index contributed by atoms with van der Waals surface area (Å²) in [6, 6.07) is 12.2. The minimum atomic E-state index is -0.264. The van der Waals surface area contributed by atoms with E-state index in [0.29, 0.717) is 18.5 Å². The molecule has 0 radical (unpaired) electrons. The smallest absolute Gasteiger partial charge is 0.333 e. The zero-order chi connectivity index (χ0) is 15.2. The molecule has 0 fully saturated rings. The Labute approximate surface area is 133 Å². The van der Waals surface area contributed by atoms with Crippen LogP contribution in [0.3, 0.4) is 0 Å². The first kappa shape index (κ1) is 15.6. The summed E-state index contributed by atoms with van der Waals surface area (Å²) in [5.74, 6) is -0.264. The molecule has 0 heterocycles. The molecule has 0 bridgehead atoms. The Bertz CT molecular complexity index is 680. The van der Waals surface area contributed by atoms with Crippen molar-refractivity contribution in [2.75, 3.05) is 19.0 Å². The molecule has 0 spiro atoms. The average molecular weight is 348 g/mol. The molecule has 0 saturated heterocycles. The SMILES string of the molecule is CC/C(=C/CNc1ccc(Br)c2ccccc12)C(=O)OC. The average Bonchev–Trinajstić information content (AvgIpc) is 2.53. The highest BCUT2D eigenvalue weighted by atomic mass is 79.9. The third-order valence-electron chi connectivity index (χ3n) is 3.34. The number of benzene rings is 2. The van der Waals surface area contributed by atoms with E-state index in [2.05, 4.69) is 33.4 Å². The van der Waals surface area contributed by atoms with E-state index in [9.17, 15) is 4.79 Å². The minimum absolute atomic E-state index is 0.264. The Morgan fingerprint density at radius 3 is 2.62 bits per heavy atom. The van der Waals surface area contributed by atoms with Crippen molar-refractivity contribution in [1.82, 2.24) is 0 Å². The van der Waals surface area contributed by atoms with E-state index in [0.717, 1.165) is 20.9 Å². The lowest BCUT2D eigenvalue weighted by atomic mass is 10.1. The van der Waals surface area contributed by atoms with Gasteiger partial charge in [-0.3, -0.25) is 0 Å². The number of anilines is 1. The number of hydrogen-bond acceptors (Lipinski definition) is 3. The van der Waals surface area contributed by atoms with Crippen LogP contribution in [0.4, 0.5) is 5.69 Å². The largest absolute Gasteiger partial charge is 0.466 e. The van der Waals surface area contributed by atoms with Gasteiger partial charge in [0.1, 0.15) is 0 Å². The fourth-order valence-electron chi connectivity index (χ4n) is 2.20. The van der Waals surface area contributed by atoms with Crippen molar-refractivity contribution in [2.45, 2.75) is 13.3 Å². The van der Waals surface area contributed by atoms with Crippen molar-refractivity contribution in [1.29, 1.82) is 0 Å². The maximum absolute atomic E-state index is 11.5. The topological polar surface area (TPSA) is 38.3 Å². The van der Waals surface area contributed by atoms with Gasteiger partial charge in [0.05, 0.1) is 7.11 Å². The molecular weight excluding hydrogens is 330 g/mol. The number of halogens is 1. The highest BCUT2D eigenvalue weighted by Crippen LogP contribution is 2.29. The van der Waals surface area contributed by atoms with E-state index in [1.807, 2.05) is 37.3 Å². The molecule has 0 aliphatic carbocycles. The van der Waals surface area contributed by atoms with Crippen LogP contribution in [0.5, 0.6) is 0 Å². The molecule has 0 aliphatic rings. The second-order valence-corrected chi connectivity index (χ2v) is 5.45. The summed E-state index contributed by atoms with van der Waals surface area (Å²) in [4.78, 5) is 11.5. The molecule has 21 heavy (non-hydrogen) atoms. The van der Waals surface area contributed by atoms with Gasteiger partial charge in [0, 0.05) is 27.7 Å². The molecular formula is C17H18BrNO2. The van der Waals surface area contributed by atoms with Gasteiger partial charge in [0.15, 0.2) is 0 Å². The standard InChI is InChI=1S/C17H18BrNO2/c1-3-12(17(20)21-2)10-11-19-16-9-8-15(18)13-6-4-5-7-14(13)16/h4-10,19H,3,11H2,1-2H3/b12-10-. The number of carbonyl (C=O) groups is 1. The molecule has 1 N–H and O–H groups in total. The van der Waals surface area contributed by atoms with Gasteiger partial charge in [0.25, 0.3) is 0 Å². The first-order valence-corrected chi connectivity index (χ1v) is 7.65.